The Morgan fingerprint density at radius 2 is 1.88 bits per heavy atom. The third-order valence-corrected chi connectivity index (χ3v) is 6.41. The van der Waals surface area contributed by atoms with E-state index in [1.54, 1.807) is 11.3 Å². The molecule has 0 amide bonds. The first kappa shape index (κ1) is 17.9. The Bertz CT molecular complexity index is 701. The van der Waals surface area contributed by atoms with Crippen LogP contribution in [0.25, 0.3) is 0 Å². The van der Waals surface area contributed by atoms with Gasteiger partial charge < -0.3 is 4.90 Å². The maximum atomic E-state index is 8.98. The van der Waals surface area contributed by atoms with Crippen molar-refractivity contribution in [3.05, 3.63) is 46.0 Å². The summed E-state index contributed by atoms with van der Waals surface area (Å²) in [6.07, 6.45) is 8.25. The van der Waals surface area contributed by atoms with Crippen LogP contribution in [0.15, 0.2) is 24.3 Å². The van der Waals surface area contributed by atoms with Crippen LogP contribution in [0.4, 0.5) is 5.13 Å². The van der Waals surface area contributed by atoms with E-state index < -0.39 is 0 Å². The monoisotopic (exact) mass is 353 g/mol. The molecule has 3 nitrogen and oxygen atoms in total. The van der Waals surface area contributed by atoms with Crippen molar-refractivity contribution >= 4 is 16.5 Å². The van der Waals surface area contributed by atoms with Gasteiger partial charge in [-0.1, -0.05) is 44.2 Å². The number of anilines is 1. The van der Waals surface area contributed by atoms with Crippen LogP contribution in [0, 0.1) is 31.1 Å². The highest BCUT2D eigenvalue weighted by Gasteiger charge is 2.18. The van der Waals surface area contributed by atoms with Crippen molar-refractivity contribution in [3.8, 4) is 6.07 Å². The van der Waals surface area contributed by atoms with Crippen LogP contribution in [0.1, 0.15) is 60.2 Å². The summed E-state index contributed by atoms with van der Waals surface area (Å²) in [4.78, 5) is 8.53. The molecule has 0 aliphatic heterocycles. The predicted octanol–water partition coefficient (Wildman–Crippen LogP) is 5.61. The lowest BCUT2D eigenvalue weighted by atomic mass is 9.87. The highest BCUT2D eigenvalue weighted by atomic mass is 32.1. The number of nitrogens with zero attached hydrogens (tertiary/aromatic N) is 3. The van der Waals surface area contributed by atoms with E-state index in [0.717, 1.165) is 35.4 Å². The zero-order chi connectivity index (χ0) is 17.6. The first-order valence-electron chi connectivity index (χ1n) is 9.33. The van der Waals surface area contributed by atoms with E-state index in [-0.39, 0.29) is 0 Å². The molecule has 0 atom stereocenters. The Hall–Kier alpha value is -1.86. The Labute approximate surface area is 155 Å². The topological polar surface area (TPSA) is 39.9 Å². The van der Waals surface area contributed by atoms with Crippen LogP contribution in [-0.2, 0) is 6.54 Å². The fourth-order valence-electron chi connectivity index (χ4n) is 3.55. The molecule has 1 aromatic heterocycles. The summed E-state index contributed by atoms with van der Waals surface area (Å²) in [5.41, 5.74) is 3.11. The average Bonchev–Trinajstić information content (AvgIpc) is 2.98. The van der Waals surface area contributed by atoms with Gasteiger partial charge in [0.05, 0.1) is 17.3 Å². The molecule has 2 aromatic rings. The number of hydrogen-bond donors (Lipinski definition) is 0. The van der Waals surface area contributed by atoms with Crippen LogP contribution in [0.2, 0.25) is 0 Å². The van der Waals surface area contributed by atoms with E-state index in [0.29, 0.717) is 0 Å². The third kappa shape index (κ3) is 4.83. The summed E-state index contributed by atoms with van der Waals surface area (Å²) >= 11 is 1.80. The van der Waals surface area contributed by atoms with Gasteiger partial charge in [-0.15, -0.1) is 11.3 Å². The van der Waals surface area contributed by atoms with E-state index in [1.807, 2.05) is 12.1 Å². The molecule has 1 aliphatic carbocycles. The minimum Gasteiger partial charge on any atom is -0.344 e. The van der Waals surface area contributed by atoms with E-state index in [4.69, 9.17) is 10.2 Å². The smallest absolute Gasteiger partial charge is 0.186 e. The lowest BCUT2D eigenvalue weighted by molar-refractivity contribution is 0.340. The van der Waals surface area contributed by atoms with Crippen LogP contribution < -0.4 is 4.90 Å². The second-order valence-electron chi connectivity index (χ2n) is 7.16. The number of rotatable bonds is 6. The normalized spacial score (nSPS) is 15.1. The quantitative estimate of drug-likeness (QED) is 0.678. The predicted molar refractivity (Wildman–Crippen MR) is 105 cm³/mol. The molecule has 3 rings (SSSR count). The van der Waals surface area contributed by atoms with Gasteiger partial charge >= 0.3 is 0 Å². The molecular weight excluding hydrogens is 326 g/mol. The van der Waals surface area contributed by atoms with Crippen LogP contribution in [-0.4, -0.2) is 11.5 Å². The lowest BCUT2D eigenvalue weighted by Gasteiger charge is -2.27. The van der Waals surface area contributed by atoms with E-state index in [2.05, 4.69) is 36.9 Å². The van der Waals surface area contributed by atoms with Gasteiger partial charge in [0, 0.05) is 18.0 Å². The summed E-state index contributed by atoms with van der Waals surface area (Å²) < 4.78 is 0. The van der Waals surface area contributed by atoms with E-state index in [1.165, 1.54) is 49.0 Å². The van der Waals surface area contributed by atoms with Gasteiger partial charge in [-0.2, -0.15) is 5.26 Å². The van der Waals surface area contributed by atoms with Crippen molar-refractivity contribution in [3.63, 3.8) is 0 Å². The number of nitriles is 1. The molecule has 4 heteroatoms. The number of benzene rings is 1. The summed E-state index contributed by atoms with van der Waals surface area (Å²) in [5.74, 6) is 0.874. The summed E-state index contributed by atoms with van der Waals surface area (Å²) in [7, 11) is 0. The molecular formula is C21H27N3S. The molecule has 25 heavy (non-hydrogen) atoms. The van der Waals surface area contributed by atoms with E-state index >= 15 is 0 Å². The van der Waals surface area contributed by atoms with Crippen molar-refractivity contribution in [2.75, 3.05) is 11.4 Å². The highest BCUT2D eigenvalue weighted by Crippen LogP contribution is 2.30. The molecule has 0 N–H and O–H groups in total. The second-order valence-corrected chi connectivity index (χ2v) is 8.34. The van der Waals surface area contributed by atoms with Gasteiger partial charge in [0.25, 0.3) is 0 Å². The van der Waals surface area contributed by atoms with Crippen molar-refractivity contribution in [2.45, 2.75) is 58.9 Å². The van der Waals surface area contributed by atoms with Gasteiger partial charge in [-0.25, -0.2) is 4.98 Å². The molecule has 1 aromatic carbocycles. The molecule has 0 spiro atoms. The Morgan fingerprint density at radius 1 is 1.16 bits per heavy atom. The molecule has 1 fully saturated rings. The Morgan fingerprint density at radius 3 is 2.48 bits per heavy atom. The van der Waals surface area contributed by atoms with Gasteiger partial charge in [0.15, 0.2) is 5.13 Å². The van der Waals surface area contributed by atoms with Gasteiger partial charge in [0.2, 0.25) is 0 Å². The summed E-state index contributed by atoms with van der Waals surface area (Å²) in [6.45, 7) is 6.18. The van der Waals surface area contributed by atoms with Crippen molar-refractivity contribution < 1.29 is 0 Å². The Kier molecular flexibility index (Phi) is 6.09. The largest absolute Gasteiger partial charge is 0.344 e. The zero-order valence-electron chi connectivity index (χ0n) is 15.3. The molecule has 1 aliphatic rings. The van der Waals surface area contributed by atoms with Crippen molar-refractivity contribution in [2.24, 2.45) is 5.92 Å². The minimum absolute atomic E-state index is 0.721. The number of hydrogen-bond acceptors (Lipinski definition) is 4. The number of aryl methyl sites for hydroxylation is 2. The molecule has 1 saturated carbocycles. The fourth-order valence-corrected chi connectivity index (χ4v) is 4.49. The first-order valence-corrected chi connectivity index (χ1v) is 10.2. The number of aromatic nitrogens is 1. The summed E-state index contributed by atoms with van der Waals surface area (Å²) in [6, 6.07) is 10.2. The summed E-state index contributed by atoms with van der Waals surface area (Å²) in [5, 5.41) is 10.1. The highest BCUT2D eigenvalue weighted by molar-refractivity contribution is 7.15. The molecule has 0 unspecified atom stereocenters. The lowest BCUT2D eigenvalue weighted by Crippen LogP contribution is -2.26. The van der Waals surface area contributed by atoms with Gasteiger partial charge in [-0.05, 0) is 43.9 Å². The zero-order valence-corrected chi connectivity index (χ0v) is 16.1. The minimum atomic E-state index is 0.721. The van der Waals surface area contributed by atoms with Crippen molar-refractivity contribution in [1.82, 2.24) is 4.98 Å². The SMILES string of the molecule is Cc1nc(N(CCC2CCCCC2)Cc2ccc(C#N)cc2)sc1C. The number of thiazole rings is 1. The van der Waals surface area contributed by atoms with Gasteiger partial charge in [0.1, 0.15) is 0 Å². The Balaban J connectivity index is 1.71. The van der Waals surface area contributed by atoms with Crippen LogP contribution in [0.5, 0.6) is 0 Å². The molecule has 132 valence electrons. The van der Waals surface area contributed by atoms with Crippen LogP contribution >= 0.6 is 11.3 Å². The molecule has 1 heterocycles. The van der Waals surface area contributed by atoms with Crippen molar-refractivity contribution in [1.29, 1.82) is 5.26 Å². The fraction of sp³-hybridized carbons (Fsp3) is 0.524. The maximum Gasteiger partial charge on any atom is 0.186 e. The van der Waals surface area contributed by atoms with Gasteiger partial charge in [-0.3, -0.25) is 0 Å². The average molecular weight is 354 g/mol. The second kappa shape index (κ2) is 8.49. The van der Waals surface area contributed by atoms with Crippen LogP contribution in [0.3, 0.4) is 0 Å². The van der Waals surface area contributed by atoms with E-state index in [9.17, 15) is 0 Å². The molecule has 0 bridgehead atoms. The molecule has 0 radical (unpaired) electrons. The molecule has 0 saturated heterocycles. The standard InChI is InChI=1S/C21H27N3S/c1-16-17(2)25-21(23-16)24(13-12-18-6-4-3-5-7-18)15-20-10-8-19(14-22)9-11-20/h8-11,18H,3-7,12-13,15H2,1-2H3. The maximum absolute atomic E-state index is 8.98. The third-order valence-electron chi connectivity index (χ3n) is 5.28. The first-order chi connectivity index (χ1) is 12.2.